The van der Waals surface area contributed by atoms with Crippen molar-refractivity contribution >= 4 is 28.2 Å². The summed E-state index contributed by atoms with van der Waals surface area (Å²) < 4.78 is 25.5. The van der Waals surface area contributed by atoms with Crippen LogP contribution >= 0.6 is 12.4 Å². The molecule has 2 rings (SSSR count). The Balaban J connectivity index is 0.00000312. The molecule has 1 aromatic carbocycles. The molecule has 0 radical (unpaired) electrons. The van der Waals surface area contributed by atoms with E-state index in [0.717, 1.165) is 31.4 Å². The number of nitrogens with one attached hydrogen (secondary N) is 2. The highest BCUT2D eigenvalue weighted by atomic mass is 35.5. The minimum absolute atomic E-state index is 0. The molecule has 0 spiro atoms. The van der Waals surface area contributed by atoms with E-state index in [2.05, 4.69) is 10.6 Å². The lowest BCUT2D eigenvalue weighted by molar-refractivity contribution is -0.123. The normalized spacial score (nSPS) is 16.3. The highest BCUT2D eigenvalue weighted by Crippen LogP contribution is 2.41. The lowest BCUT2D eigenvalue weighted by Gasteiger charge is -2.28. The van der Waals surface area contributed by atoms with Crippen molar-refractivity contribution in [1.29, 1.82) is 0 Å². The molecular weight excluding hydrogens is 360 g/mol. The molecule has 1 fully saturated rings. The first-order chi connectivity index (χ1) is 11.3. The maximum Gasteiger partial charge on any atom is 0.241 e. The Bertz CT molecular complexity index is 698. The van der Waals surface area contributed by atoms with Crippen molar-refractivity contribution in [3.8, 4) is 0 Å². The number of benzene rings is 1. The fourth-order valence-electron chi connectivity index (χ4n) is 3.40. The maximum absolute atomic E-state index is 13.4. The molecule has 0 aliphatic heterocycles. The lowest BCUT2D eigenvalue weighted by Crippen LogP contribution is -2.51. The first kappa shape index (κ1) is 21.9. The zero-order chi connectivity index (χ0) is 17.8. The molecule has 1 amide bonds. The Kier molecular flexibility index (Phi) is 7.90. The van der Waals surface area contributed by atoms with E-state index in [4.69, 9.17) is 0 Å². The third-order valence-electron chi connectivity index (χ3n) is 4.86. The number of hydrogen-bond donors (Lipinski definition) is 2. The van der Waals surface area contributed by atoms with E-state index in [9.17, 15) is 13.2 Å². The molecule has 0 atom stereocenters. The second kappa shape index (κ2) is 9.01. The molecule has 1 aliphatic rings. The molecule has 142 valence electrons. The largest absolute Gasteiger partial charge is 0.355 e. The maximum atomic E-state index is 13.4. The van der Waals surface area contributed by atoms with Crippen molar-refractivity contribution in [3.05, 3.63) is 29.3 Å². The van der Waals surface area contributed by atoms with Gasteiger partial charge in [-0.3, -0.25) is 4.79 Å². The standard InChI is InChI=1S/C18H28N2O3S.ClH/c1-14-7-8-15(2)16(13-14)24(22,23)18(9-4-5-10-18)17(21)20-12-6-11-19-3;/h7-8,13,19H,4-6,9-12H2,1-3H3,(H,20,21);1H. The van der Waals surface area contributed by atoms with Crippen LogP contribution in [0.5, 0.6) is 0 Å². The molecule has 1 aromatic rings. The molecule has 0 aromatic heterocycles. The van der Waals surface area contributed by atoms with E-state index in [1.54, 1.807) is 13.0 Å². The second-order valence-corrected chi connectivity index (χ2v) is 8.91. The molecule has 0 unspecified atom stereocenters. The molecule has 25 heavy (non-hydrogen) atoms. The summed E-state index contributed by atoms with van der Waals surface area (Å²) in [6.07, 6.45) is 3.13. The van der Waals surface area contributed by atoms with Gasteiger partial charge in [0, 0.05) is 6.54 Å². The van der Waals surface area contributed by atoms with Gasteiger partial charge in [0.2, 0.25) is 5.91 Å². The van der Waals surface area contributed by atoms with Crippen molar-refractivity contribution in [1.82, 2.24) is 10.6 Å². The van der Waals surface area contributed by atoms with Crippen molar-refractivity contribution in [2.45, 2.75) is 55.6 Å². The number of rotatable bonds is 7. The smallest absolute Gasteiger partial charge is 0.241 e. The monoisotopic (exact) mass is 388 g/mol. The third-order valence-corrected chi connectivity index (χ3v) is 7.50. The molecule has 1 aliphatic carbocycles. The molecular formula is C18H29ClN2O3S. The number of carbonyl (C=O) groups is 1. The van der Waals surface area contributed by atoms with Crippen LogP contribution < -0.4 is 10.6 Å². The van der Waals surface area contributed by atoms with Gasteiger partial charge in [-0.25, -0.2) is 8.42 Å². The Morgan fingerprint density at radius 2 is 1.80 bits per heavy atom. The number of amides is 1. The molecule has 0 heterocycles. The SMILES string of the molecule is CNCCCNC(=O)C1(S(=O)(=O)c2cc(C)ccc2C)CCCC1.Cl. The van der Waals surface area contributed by atoms with Crippen LogP contribution in [0, 0.1) is 13.8 Å². The first-order valence-corrected chi connectivity index (χ1v) is 10.1. The number of aryl methyl sites for hydroxylation is 2. The Hall–Kier alpha value is -1.11. The summed E-state index contributed by atoms with van der Waals surface area (Å²) in [7, 11) is -1.87. The number of hydrogen-bond acceptors (Lipinski definition) is 4. The minimum Gasteiger partial charge on any atom is -0.355 e. The summed E-state index contributed by atoms with van der Waals surface area (Å²) in [5.41, 5.74) is 1.59. The third kappa shape index (κ3) is 4.36. The fourth-order valence-corrected chi connectivity index (χ4v) is 5.80. The molecule has 1 saturated carbocycles. The van der Waals surface area contributed by atoms with Crippen molar-refractivity contribution in [3.63, 3.8) is 0 Å². The molecule has 0 saturated heterocycles. The Labute approximate surface area is 157 Å². The van der Waals surface area contributed by atoms with Crippen molar-refractivity contribution in [2.75, 3.05) is 20.1 Å². The van der Waals surface area contributed by atoms with Gasteiger partial charge in [-0.2, -0.15) is 0 Å². The predicted molar refractivity (Wildman–Crippen MR) is 103 cm³/mol. The van der Waals surface area contributed by atoms with E-state index in [0.29, 0.717) is 29.8 Å². The molecule has 7 heteroatoms. The molecule has 5 nitrogen and oxygen atoms in total. The fraction of sp³-hybridized carbons (Fsp3) is 0.611. The van der Waals surface area contributed by atoms with E-state index >= 15 is 0 Å². The predicted octanol–water partition coefficient (Wildman–Crippen LogP) is 2.54. The van der Waals surface area contributed by atoms with E-state index in [-0.39, 0.29) is 18.3 Å². The first-order valence-electron chi connectivity index (χ1n) is 8.60. The summed E-state index contributed by atoms with van der Waals surface area (Å²) in [4.78, 5) is 13.1. The van der Waals surface area contributed by atoms with Gasteiger partial charge in [-0.05, 0) is 63.9 Å². The van der Waals surface area contributed by atoms with Gasteiger partial charge in [0.15, 0.2) is 14.6 Å². The van der Waals surface area contributed by atoms with Gasteiger partial charge in [-0.1, -0.05) is 25.0 Å². The van der Waals surface area contributed by atoms with Gasteiger partial charge in [0.05, 0.1) is 4.90 Å². The van der Waals surface area contributed by atoms with Crippen LogP contribution in [0.3, 0.4) is 0 Å². The van der Waals surface area contributed by atoms with E-state index in [1.165, 1.54) is 0 Å². The van der Waals surface area contributed by atoms with Crippen molar-refractivity contribution < 1.29 is 13.2 Å². The summed E-state index contributed by atoms with van der Waals surface area (Å²) in [6, 6.07) is 5.40. The molecule has 0 bridgehead atoms. The van der Waals surface area contributed by atoms with Gasteiger partial charge in [0.25, 0.3) is 0 Å². The van der Waals surface area contributed by atoms with Crippen LogP contribution in [-0.2, 0) is 14.6 Å². The average molecular weight is 389 g/mol. The van der Waals surface area contributed by atoms with E-state index in [1.807, 2.05) is 26.1 Å². The molecule has 2 N–H and O–H groups in total. The minimum atomic E-state index is -3.72. The van der Waals surface area contributed by atoms with Gasteiger partial charge >= 0.3 is 0 Å². The topological polar surface area (TPSA) is 75.3 Å². The Morgan fingerprint density at radius 1 is 1.16 bits per heavy atom. The van der Waals surface area contributed by atoms with Gasteiger partial charge in [-0.15, -0.1) is 12.4 Å². The van der Waals surface area contributed by atoms with Crippen LogP contribution in [0.1, 0.15) is 43.2 Å². The highest BCUT2D eigenvalue weighted by Gasteiger charge is 2.53. The van der Waals surface area contributed by atoms with Gasteiger partial charge in [0.1, 0.15) is 0 Å². The highest BCUT2D eigenvalue weighted by molar-refractivity contribution is 7.93. The van der Waals surface area contributed by atoms with Crippen molar-refractivity contribution in [2.24, 2.45) is 0 Å². The van der Waals surface area contributed by atoms with Crippen LogP contribution in [0.2, 0.25) is 0 Å². The quantitative estimate of drug-likeness (QED) is 0.704. The average Bonchev–Trinajstić information content (AvgIpc) is 3.05. The number of sulfone groups is 1. The van der Waals surface area contributed by atoms with Crippen LogP contribution in [0.25, 0.3) is 0 Å². The Morgan fingerprint density at radius 3 is 2.40 bits per heavy atom. The van der Waals surface area contributed by atoms with E-state index < -0.39 is 14.6 Å². The zero-order valence-electron chi connectivity index (χ0n) is 15.2. The summed E-state index contributed by atoms with van der Waals surface area (Å²) in [5.74, 6) is -0.336. The van der Waals surface area contributed by atoms with Gasteiger partial charge < -0.3 is 10.6 Å². The number of halogens is 1. The van der Waals surface area contributed by atoms with Crippen LogP contribution in [0.15, 0.2) is 23.1 Å². The van der Waals surface area contributed by atoms with Crippen LogP contribution in [-0.4, -0.2) is 39.2 Å². The number of carbonyl (C=O) groups excluding carboxylic acids is 1. The zero-order valence-corrected chi connectivity index (χ0v) is 16.9. The summed E-state index contributed by atoms with van der Waals surface area (Å²) in [6.45, 7) is 4.94. The van der Waals surface area contributed by atoms with Crippen LogP contribution in [0.4, 0.5) is 0 Å². The summed E-state index contributed by atoms with van der Waals surface area (Å²) in [5, 5.41) is 5.87. The lowest BCUT2D eigenvalue weighted by atomic mass is 10.1. The summed E-state index contributed by atoms with van der Waals surface area (Å²) >= 11 is 0. The second-order valence-electron chi connectivity index (χ2n) is 6.69.